The predicted molar refractivity (Wildman–Crippen MR) is 436 cm³/mol. The molecule has 37 heteroatoms. The van der Waals surface area contributed by atoms with E-state index in [1.165, 1.54) is 12.0 Å². The number of nitriles is 1. The first-order chi connectivity index (χ1) is 56.0. The molecule has 0 bridgehead atoms. The van der Waals surface area contributed by atoms with E-state index < -0.39 is 6.04 Å². The van der Waals surface area contributed by atoms with Gasteiger partial charge < -0.3 is 104 Å². The van der Waals surface area contributed by atoms with Gasteiger partial charge in [-0.15, -0.1) is 0 Å². The molecule has 0 saturated carbocycles. The first-order valence-electron chi connectivity index (χ1n) is 37.5. The molecule has 6 aromatic heterocycles. The average molecular weight is 1580 g/mol. The van der Waals surface area contributed by atoms with Gasteiger partial charge in [-0.3, -0.25) is 24.8 Å². The van der Waals surface area contributed by atoms with E-state index in [1.807, 2.05) is 116 Å². The maximum atomic E-state index is 12.2. The second-order valence-corrected chi connectivity index (χ2v) is 26.3. The minimum absolute atomic E-state index is 0.0575. The number of pyridine rings is 1. The SMILES string of the molecule is CCNC(=O)N(CC)c1ccc2c(c1)N(Cc1cnc[nH]1)CCO2.CNC(=O)N(C)c1ccc2c(c1)N(C(C#N)c1cnc[nH]1)CCO2.CNC(=O)N(C)c1ccc2c(c1)N(CCc1cnc[nH]1)CCO2.CNC(=O)Nc1ccc2c(n1)N(Cc1cnc[nH]1)CCO2.COCC(=O)N(C)c1ccc2c(c1)N(Cc1cnc[nH]1)CCO2. The third-order valence-corrected chi connectivity index (χ3v) is 19.0. The molecule has 0 radical (unpaired) electrons. The summed E-state index contributed by atoms with van der Waals surface area (Å²) < 4.78 is 33.4. The molecule has 10 aromatic rings. The number of carbonyl (C=O) groups excluding carboxylic acids is 5. The van der Waals surface area contributed by atoms with Gasteiger partial charge in [0, 0.05) is 129 Å². The molecule has 4 aromatic carbocycles. The molecule has 115 heavy (non-hydrogen) atoms. The summed E-state index contributed by atoms with van der Waals surface area (Å²) in [5.74, 6) is 5.03. The molecule has 15 rings (SSSR count). The van der Waals surface area contributed by atoms with Crippen LogP contribution in [-0.2, 0) is 35.6 Å². The zero-order valence-electron chi connectivity index (χ0n) is 65.8. The predicted octanol–water partition coefficient (Wildman–Crippen LogP) is 8.01. The number of benzene rings is 4. The lowest BCUT2D eigenvalue weighted by Crippen LogP contribution is -2.40. The van der Waals surface area contributed by atoms with Crippen LogP contribution in [0.1, 0.15) is 48.4 Å². The first kappa shape index (κ1) is 82.1. The molecule has 5 aliphatic heterocycles. The lowest BCUT2D eigenvalue weighted by Gasteiger charge is -2.34. The Morgan fingerprint density at radius 1 is 0.513 bits per heavy atom. The third kappa shape index (κ3) is 21.2. The van der Waals surface area contributed by atoms with E-state index in [-0.39, 0.29) is 36.6 Å². The Morgan fingerprint density at radius 3 is 1.43 bits per heavy atom. The largest absolute Gasteiger partial charge is 0.490 e. The summed E-state index contributed by atoms with van der Waals surface area (Å²) in [7, 11) is 11.4. The molecule has 606 valence electrons. The van der Waals surface area contributed by atoms with E-state index in [4.69, 9.17) is 28.4 Å². The Labute approximate surface area is 665 Å². The quantitative estimate of drug-likeness (QED) is 0.0345. The van der Waals surface area contributed by atoms with E-state index in [0.717, 1.165) is 138 Å². The number of carbonyl (C=O) groups is 5. The molecule has 10 N–H and O–H groups in total. The Kier molecular flexibility index (Phi) is 28.8. The van der Waals surface area contributed by atoms with Crippen molar-refractivity contribution in [2.24, 2.45) is 0 Å². The number of likely N-dealkylation sites (N-methyl/N-ethyl adjacent to an activating group) is 1. The fourth-order valence-corrected chi connectivity index (χ4v) is 12.9. The van der Waals surface area contributed by atoms with Crippen molar-refractivity contribution in [1.29, 1.82) is 5.26 Å². The number of rotatable bonds is 20. The number of amides is 9. The molecule has 5 aliphatic rings. The van der Waals surface area contributed by atoms with Crippen molar-refractivity contribution in [3.05, 3.63) is 176 Å². The summed E-state index contributed by atoms with van der Waals surface area (Å²) >= 11 is 0. The summed E-state index contributed by atoms with van der Waals surface area (Å²) in [5.41, 5.74) is 11.9. The van der Waals surface area contributed by atoms with Crippen molar-refractivity contribution < 1.29 is 52.4 Å². The number of anilines is 10. The van der Waals surface area contributed by atoms with Gasteiger partial charge in [-0.25, -0.2) is 49.1 Å². The van der Waals surface area contributed by atoms with Crippen LogP contribution in [-0.4, -0.2) is 226 Å². The van der Waals surface area contributed by atoms with Crippen LogP contribution in [0.25, 0.3) is 0 Å². The number of imidazole rings is 5. The van der Waals surface area contributed by atoms with E-state index in [1.54, 1.807) is 107 Å². The zero-order chi connectivity index (χ0) is 81.2. The lowest BCUT2D eigenvalue weighted by molar-refractivity contribution is -0.121. The van der Waals surface area contributed by atoms with Crippen LogP contribution in [0.2, 0.25) is 0 Å². The van der Waals surface area contributed by atoms with Crippen molar-refractivity contribution in [3.63, 3.8) is 0 Å². The smallest absolute Gasteiger partial charge is 0.321 e. The zero-order valence-corrected chi connectivity index (χ0v) is 65.8. The Balaban J connectivity index is 0.000000142. The van der Waals surface area contributed by atoms with Crippen molar-refractivity contribution in [2.75, 3.05) is 191 Å². The molecular formula is C78H98N26O11. The van der Waals surface area contributed by atoms with Gasteiger partial charge in [0.05, 0.1) is 142 Å². The van der Waals surface area contributed by atoms with Crippen LogP contribution >= 0.6 is 0 Å². The lowest BCUT2D eigenvalue weighted by atomic mass is 10.1. The first-order valence-corrected chi connectivity index (χ1v) is 37.5. The topological polar surface area (TPSA) is 410 Å². The van der Waals surface area contributed by atoms with Gasteiger partial charge in [0.25, 0.3) is 5.91 Å². The molecule has 1 unspecified atom stereocenters. The molecular weight excluding hydrogens is 1480 g/mol. The maximum absolute atomic E-state index is 12.2. The van der Waals surface area contributed by atoms with Crippen molar-refractivity contribution in [1.82, 2.24) is 76.1 Å². The van der Waals surface area contributed by atoms with Gasteiger partial charge in [-0.05, 0) is 98.8 Å². The minimum atomic E-state index is -0.504. The van der Waals surface area contributed by atoms with Gasteiger partial charge in [-0.2, -0.15) is 5.26 Å². The second-order valence-electron chi connectivity index (χ2n) is 26.3. The molecule has 9 amide bonds. The van der Waals surface area contributed by atoms with Crippen LogP contribution < -0.4 is 94.4 Å². The Hall–Kier alpha value is -13.9. The summed E-state index contributed by atoms with van der Waals surface area (Å²) in [6.45, 7) is 14.9. The highest BCUT2D eigenvalue weighted by atomic mass is 16.5. The van der Waals surface area contributed by atoms with Crippen LogP contribution in [0.5, 0.6) is 28.7 Å². The number of methoxy groups -OCH3 is 1. The highest BCUT2D eigenvalue weighted by molar-refractivity contribution is 5.96. The number of nitrogens with zero attached hydrogens (tertiary/aromatic N) is 16. The van der Waals surface area contributed by atoms with Gasteiger partial charge >= 0.3 is 24.1 Å². The van der Waals surface area contributed by atoms with E-state index in [0.29, 0.717) is 88.0 Å². The number of hydrogen-bond donors (Lipinski definition) is 10. The summed E-state index contributed by atoms with van der Waals surface area (Å²) in [4.78, 5) is 116. The molecule has 0 saturated heterocycles. The standard InChI is InChI=1S/C17H23N5O2.C16H18N6O2.C16H21N5O2.C16H20N4O3.C13H16N6O2/c1-3-19-17(23)22(4-2)14-5-6-16-15(9-14)21(7-8-24-16)11-13-10-18-12-20-13;1-18-16(23)21(2)11-3-4-15-13(7-11)22(5-6-24-15)14(8-17)12-9-19-10-20-12;1-17-16(22)20(2)13-3-4-15-14(9-13)21(7-8-23-15)6-5-12-10-18-11-19-12;1-19(16(21)10-22-2)13-3-4-15-14(7-13)20(5-6-23-15)9-12-8-17-11-18-12;1-14-13(20)18-11-3-2-10-12(17-11)19(4-5-21-10)7-9-6-15-8-16-9/h5-6,9-10,12H,3-4,7-8,11H2,1-2H3,(H,18,20)(H,19,23);3-4,7,9-10,14H,5-6H2,1-2H3,(H,18,23)(H,19,20);3-4,9-11H,5-8H2,1-2H3,(H,17,22)(H,18,19);3-4,7-8,11H,5-6,9-10H2,1-2H3,(H,17,18);2-3,6,8H,4-5,7H2,1H3,(H,15,16)(H2,14,17,18,20). The van der Waals surface area contributed by atoms with Gasteiger partial charge in [0.15, 0.2) is 17.6 Å². The molecule has 37 nitrogen and oxygen atoms in total. The van der Waals surface area contributed by atoms with E-state index >= 15 is 0 Å². The van der Waals surface area contributed by atoms with Crippen molar-refractivity contribution >= 4 is 87.2 Å². The number of ether oxygens (including phenoxy) is 6. The number of aromatic amines is 5. The number of nitrogens with one attached hydrogen (secondary N) is 10. The van der Waals surface area contributed by atoms with Gasteiger partial charge in [0.2, 0.25) is 0 Å². The average Bonchev–Trinajstić information content (AvgIpc) is 1.64. The number of H-pyrrole nitrogens is 5. The second kappa shape index (κ2) is 40.3. The number of hydrogen-bond acceptors (Lipinski definition) is 23. The van der Waals surface area contributed by atoms with Crippen molar-refractivity contribution in [3.8, 4) is 34.8 Å². The fourth-order valence-electron chi connectivity index (χ4n) is 12.9. The summed E-state index contributed by atoms with van der Waals surface area (Å²) in [6, 6.07) is 27.5. The Bertz CT molecular complexity index is 4810. The maximum Gasteiger partial charge on any atom is 0.321 e. The molecule has 0 aliphatic carbocycles. The highest BCUT2D eigenvalue weighted by Crippen LogP contribution is 2.42. The normalized spacial score (nSPS) is 13.4. The Morgan fingerprint density at radius 2 is 0.948 bits per heavy atom. The van der Waals surface area contributed by atoms with Crippen LogP contribution in [0, 0.1) is 11.3 Å². The van der Waals surface area contributed by atoms with Crippen molar-refractivity contribution in [2.45, 2.75) is 45.9 Å². The van der Waals surface area contributed by atoms with Gasteiger partial charge in [-0.1, -0.05) is 0 Å². The molecule has 1 atom stereocenters. The molecule has 0 fully saturated rings. The van der Waals surface area contributed by atoms with E-state index in [2.05, 4.69) is 107 Å². The molecule has 0 spiro atoms. The third-order valence-electron chi connectivity index (χ3n) is 19.0. The van der Waals surface area contributed by atoms with Crippen LogP contribution in [0.4, 0.5) is 76.3 Å². The molecule has 11 heterocycles. The van der Waals surface area contributed by atoms with E-state index in [9.17, 15) is 29.2 Å². The number of urea groups is 4. The summed E-state index contributed by atoms with van der Waals surface area (Å²) in [6.07, 6.45) is 18.0. The number of fused-ring (bicyclic) bond motifs is 5. The monoisotopic (exact) mass is 1570 g/mol. The fraction of sp³-hybridized carbons (Fsp3) is 0.359. The minimum Gasteiger partial charge on any atom is -0.490 e. The highest BCUT2D eigenvalue weighted by Gasteiger charge is 2.31. The number of aromatic nitrogens is 11. The van der Waals surface area contributed by atoms with Gasteiger partial charge in [0.1, 0.15) is 68.5 Å². The van der Waals surface area contributed by atoms with Crippen LogP contribution in [0.3, 0.4) is 0 Å². The summed E-state index contributed by atoms with van der Waals surface area (Å²) in [5, 5.41) is 22.8. The van der Waals surface area contributed by atoms with Crippen LogP contribution in [0.15, 0.2) is 148 Å².